The summed E-state index contributed by atoms with van der Waals surface area (Å²) >= 11 is 3.26. The summed E-state index contributed by atoms with van der Waals surface area (Å²) in [5.74, 6) is -0.0433. The second-order valence-corrected chi connectivity index (χ2v) is 8.91. The fraction of sp³-hybridized carbons (Fsp3) is 0.500. The number of hydrogen-bond donors (Lipinski definition) is 1. The van der Waals surface area contributed by atoms with Gasteiger partial charge in [0.05, 0.1) is 6.20 Å². The van der Waals surface area contributed by atoms with Gasteiger partial charge in [-0.15, -0.1) is 0 Å². The summed E-state index contributed by atoms with van der Waals surface area (Å²) in [6.07, 6.45) is -0.473. The fourth-order valence-corrected chi connectivity index (χ4v) is 2.38. The monoisotopic (exact) mass is 453 g/mol. The first kappa shape index (κ1) is 21.8. The lowest BCUT2D eigenvalue weighted by molar-refractivity contribution is 0.0429. The molecule has 0 unspecified atom stereocenters. The van der Waals surface area contributed by atoms with Gasteiger partial charge >= 0.3 is 12.2 Å². The standard InChI is InChI=1S/C18H24BrN5O4/c1-10-8-11(23-22-10)13-14(20-9-12(19)21-13)24(15(25)27-17(2,3)4)16(26)28-18(5,6)7/h8-9H,1-7H3,(H,22,23). The molecule has 0 bridgehead atoms. The molecule has 9 nitrogen and oxygen atoms in total. The number of nitrogens with one attached hydrogen (secondary N) is 1. The number of nitrogens with zero attached hydrogens (tertiary/aromatic N) is 4. The van der Waals surface area contributed by atoms with Crippen molar-refractivity contribution in [1.82, 2.24) is 20.2 Å². The molecule has 2 aromatic heterocycles. The molecule has 28 heavy (non-hydrogen) atoms. The topological polar surface area (TPSA) is 110 Å². The van der Waals surface area contributed by atoms with E-state index in [1.54, 1.807) is 47.6 Å². The van der Waals surface area contributed by atoms with Gasteiger partial charge in [0, 0.05) is 5.69 Å². The molecule has 0 spiro atoms. The Bertz CT molecular complexity index is 855. The van der Waals surface area contributed by atoms with Crippen LogP contribution < -0.4 is 4.90 Å². The van der Waals surface area contributed by atoms with Gasteiger partial charge in [0.25, 0.3) is 0 Å². The number of imide groups is 1. The van der Waals surface area contributed by atoms with Gasteiger partial charge in [-0.05, 0) is 70.5 Å². The van der Waals surface area contributed by atoms with Crippen molar-refractivity contribution >= 4 is 33.9 Å². The van der Waals surface area contributed by atoms with Crippen LogP contribution in [0.1, 0.15) is 47.2 Å². The lowest BCUT2D eigenvalue weighted by atomic mass is 10.2. The maximum Gasteiger partial charge on any atom is 0.425 e. The predicted octanol–water partition coefficient (Wildman–Crippen LogP) is 4.61. The van der Waals surface area contributed by atoms with Crippen molar-refractivity contribution in [2.45, 2.75) is 59.7 Å². The average Bonchev–Trinajstić information content (AvgIpc) is 2.91. The maximum absolute atomic E-state index is 12.9. The summed E-state index contributed by atoms with van der Waals surface area (Å²) in [5, 5.41) is 6.96. The van der Waals surface area contributed by atoms with Gasteiger partial charge in [-0.1, -0.05) is 0 Å². The van der Waals surface area contributed by atoms with Crippen LogP contribution in [-0.2, 0) is 9.47 Å². The average molecular weight is 454 g/mol. The Kier molecular flexibility index (Phi) is 6.12. The van der Waals surface area contributed by atoms with Crippen LogP contribution in [0.25, 0.3) is 11.4 Å². The smallest absolute Gasteiger partial charge is 0.425 e. The molecule has 0 saturated carbocycles. The van der Waals surface area contributed by atoms with Gasteiger partial charge in [0.1, 0.15) is 27.2 Å². The Morgan fingerprint density at radius 3 is 2.04 bits per heavy atom. The number of rotatable bonds is 2. The first-order valence-electron chi connectivity index (χ1n) is 8.58. The zero-order valence-electron chi connectivity index (χ0n) is 17.0. The third-order valence-electron chi connectivity index (χ3n) is 3.04. The summed E-state index contributed by atoms with van der Waals surface area (Å²) in [5.41, 5.74) is -0.246. The number of anilines is 1. The summed E-state index contributed by atoms with van der Waals surface area (Å²) in [6.45, 7) is 12.0. The molecule has 0 aromatic carbocycles. The van der Waals surface area contributed by atoms with E-state index in [1.165, 1.54) is 6.20 Å². The zero-order chi connectivity index (χ0) is 21.3. The van der Waals surface area contributed by atoms with Crippen molar-refractivity contribution in [3.63, 3.8) is 0 Å². The number of carbonyl (C=O) groups is 2. The molecule has 0 fully saturated rings. The molecule has 0 atom stereocenters. The van der Waals surface area contributed by atoms with Crippen molar-refractivity contribution < 1.29 is 19.1 Å². The Balaban J connectivity index is 2.60. The molecule has 152 valence electrons. The number of halogens is 1. The molecule has 0 aliphatic carbocycles. The van der Waals surface area contributed by atoms with Gasteiger partial charge in [-0.25, -0.2) is 19.6 Å². The van der Waals surface area contributed by atoms with Gasteiger partial charge < -0.3 is 9.47 Å². The third kappa shape index (κ3) is 5.75. The molecule has 2 aromatic rings. The van der Waals surface area contributed by atoms with E-state index >= 15 is 0 Å². The van der Waals surface area contributed by atoms with Crippen LogP contribution in [0.3, 0.4) is 0 Å². The number of ether oxygens (including phenoxy) is 2. The summed E-state index contributed by atoms with van der Waals surface area (Å²) in [4.78, 5) is 35.0. The molecular formula is C18H24BrN5O4. The highest BCUT2D eigenvalue weighted by molar-refractivity contribution is 9.10. The number of carbonyl (C=O) groups excluding carboxylic acids is 2. The lowest BCUT2D eigenvalue weighted by Gasteiger charge is -2.28. The van der Waals surface area contributed by atoms with E-state index in [-0.39, 0.29) is 11.5 Å². The van der Waals surface area contributed by atoms with Crippen LogP contribution in [0.4, 0.5) is 15.4 Å². The molecule has 2 rings (SSSR count). The van der Waals surface area contributed by atoms with Gasteiger partial charge in [0.15, 0.2) is 5.82 Å². The van der Waals surface area contributed by atoms with E-state index in [9.17, 15) is 9.59 Å². The number of hydrogen-bond acceptors (Lipinski definition) is 7. The van der Waals surface area contributed by atoms with Crippen LogP contribution in [0.2, 0.25) is 0 Å². The first-order valence-corrected chi connectivity index (χ1v) is 9.37. The molecule has 2 heterocycles. The van der Waals surface area contributed by atoms with Gasteiger partial charge in [-0.3, -0.25) is 5.10 Å². The predicted molar refractivity (Wildman–Crippen MR) is 107 cm³/mol. The lowest BCUT2D eigenvalue weighted by Crippen LogP contribution is -2.44. The maximum atomic E-state index is 12.9. The molecular weight excluding hydrogens is 430 g/mol. The zero-order valence-corrected chi connectivity index (χ0v) is 18.5. The number of aromatic amines is 1. The van der Waals surface area contributed by atoms with Gasteiger partial charge in [-0.2, -0.15) is 10.00 Å². The minimum atomic E-state index is -0.924. The normalized spacial score (nSPS) is 11.9. The van der Waals surface area contributed by atoms with Crippen molar-refractivity contribution in [2.75, 3.05) is 4.90 Å². The van der Waals surface area contributed by atoms with Crippen molar-refractivity contribution in [3.8, 4) is 11.4 Å². The van der Waals surface area contributed by atoms with E-state index in [1.807, 2.05) is 6.92 Å². The minimum Gasteiger partial charge on any atom is -0.443 e. The van der Waals surface area contributed by atoms with Crippen molar-refractivity contribution in [3.05, 3.63) is 22.6 Å². The summed E-state index contributed by atoms with van der Waals surface area (Å²) < 4.78 is 11.2. The SMILES string of the molecule is Cc1cc(-c2nc(Br)cnc2N(C(=O)OC(C)(C)C)C(=O)OC(C)(C)C)n[nH]1. The number of aromatic nitrogens is 4. The number of amides is 2. The third-order valence-corrected chi connectivity index (χ3v) is 3.42. The second kappa shape index (κ2) is 7.86. The van der Waals surface area contributed by atoms with E-state index < -0.39 is 23.4 Å². The number of aryl methyl sites for hydroxylation is 1. The van der Waals surface area contributed by atoms with Gasteiger partial charge in [0.2, 0.25) is 0 Å². The minimum absolute atomic E-state index is 0.0433. The summed E-state index contributed by atoms with van der Waals surface area (Å²) in [7, 11) is 0. The highest BCUT2D eigenvalue weighted by Gasteiger charge is 2.36. The first-order chi connectivity index (χ1) is 12.8. The van der Waals surface area contributed by atoms with Crippen LogP contribution >= 0.6 is 15.9 Å². The van der Waals surface area contributed by atoms with Crippen molar-refractivity contribution in [1.29, 1.82) is 0 Å². The van der Waals surface area contributed by atoms with E-state index in [0.717, 1.165) is 10.6 Å². The molecule has 2 amide bonds. The molecule has 0 aliphatic heterocycles. The van der Waals surface area contributed by atoms with E-state index in [0.29, 0.717) is 10.3 Å². The van der Waals surface area contributed by atoms with Crippen LogP contribution in [-0.4, -0.2) is 43.6 Å². The highest BCUT2D eigenvalue weighted by atomic mass is 79.9. The molecule has 0 aliphatic rings. The largest absolute Gasteiger partial charge is 0.443 e. The Morgan fingerprint density at radius 2 is 1.61 bits per heavy atom. The van der Waals surface area contributed by atoms with Crippen LogP contribution in [0.5, 0.6) is 0 Å². The molecule has 10 heteroatoms. The van der Waals surface area contributed by atoms with E-state index in [4.69, 9.17) is 9.47 Å². The Morgan fingerprint density at radius 1 is 1.07 bits per heavy atom. The quantitative estimate of drug-likeness (QED) is 0.705. The summed E-state index contributed by atoms with van der Waals surface area (Å²) in [6, 6.07) is 1.72. The van der Waals surface area contributed by atoms with E-state index in [2.05, 4.69) is 36.1 Å². The van der Waals surface area contributed by atoms with Crippen LogP contribution in [0, 0.1) is 6.92 Å². The fourth-order valence-electron chi connectivity index (χ4n) is 2.10. The second-order valence-electron chi connectivity index (χ2n) is 8.10. The molecule has 0 saturated heterocycles. The van der Waals surface area contributed by atoms with Crippen LogP contribution in [0.15, 0.2) is 16.9 Å². The van der Waals surface area contributed by atoms with Crippen molar-refractivity contribution in [2.24, 2.45) is 0 Å². The number of H-pyrrole nitrogens is 1. The Labute approximate surface area is 172 Å². The molecule has 0 radical (unpaired) electrons. The Hall–Kier alpha value is -2.49. The highest BCUT2D eigenvalue weighted by Crippen LogP contribution is 2.30. The molecule has 1 N–H and O–H groups in total.